The fourth-order valence-corrected chi connectivity index (χ4v) is 2.37. The Morgan fingerprint density at radius 1 is 1.50 bits per heavy atom. The first-order chi connectivity index (χ1) is 6.54. The van der Waals surface area contributed by atoms with Crippen molar-refractivity contribution in [1.82, 2.24) is 0 Å². The minimum atomic E-state index is 0.0743. The van der Waals surface area contributed by atoms with Crippen LogP contribution in [0, 0.1) is 16.7 Å². The van der Waals surface area contributed by atoms with Crippen LogP contribution >= 0.6 is 11.6 Å². The molecule has 1 aliphatic rings. The van der Waals surface area contributed by atoms with E-state index in [0.29, 0.717) is 0 Å². The highest BCUT2D eigenvalue weighted by Gasteiger charge is 2.37. The lowest BCUT2D eigenvalue weighted by Crippen LogP contribution is -2.12. The van der Waals surface area contributed by atoms with Gasteiger partial charge in [0.25, 0.3) is 0 Å². The molecule has 0 saturated heterocycles. The van der Waals surface area contributed by atoms with Gasteiger partial charge in [-0.2, -0.15) is 5.26 Å². The molecule has 0 saturated carbocycles. The van der Waals surface area contributed by atoms with Gasteiger partial charge in [-0.15, -0.1) is 11.6 Å². The zero-order valence-corrected chi connectivity index (χ0v) is 9.10. The van der Waals surface area contributed by atoms with Gasteiger partial charge in [0.15, 0.2) is 0 Å². The maximum atomic E-state index is 8.78. The Morgan fingerprint density at radius 2 is 2.21 bits per heavy atom. The molecular formula is C12H12ClN. The molecular weight excluding hydrogens is 194 g/mol. The Kier molecular flexibility index (Phi) is 2.05. The number of nitriles is 1. The highest BCUT2D eigenvalue weighted by molar-refractivity contribution is 6.21. The number of nitrogens with zero attached hydrogens (tertiary/aromatic N) is 1. The third-order valence-corrected chi connectivity index (χ3v) is 3.70. The monoisotopic (exact) mass is 205 g/mol. The molecule has 14 heavy (non-hydrogen) atoms. The lowest BCUT2D eigenvalue weighted by Gasteiger charge is -2.21. The molecule has 72 valence electrons. The summed E-state index contributed by atoms with van der Waals surface area (Å²) in [6, 6.07) is 7.94. The van der Waals surface area contributed by atoms with Crippen LogP contribution in [-0.4, -0.2) is 0 Å². The van der Waals surface area contributed by atoms with Crippen molar-refractivity contribution in [2.24, 2.45) is 5.41 Å². The summed E-state index contributed by atoms with van der Waals surface area (Å²) >= 11 is 6.35. The molecule has 1 unspecified atom stereocenters. The largest absolute Gasteiger partial charge is 0.192 e. The predicted molar refractivity (Wildman–Crippen MR) is 57.2 cm³/mol. The normalized spacial score (nSPS) is 22.9. The van der Waals surface area contributed by atoms with Crippen molar-refractivity contribution in [2.75, 3.05) is 0 Å². The quantitative estimate of drug-likeness (QED) is 0.596. The number of fused-ring (bicyclic) bond motifs is 1. The number of hydrogen-bond donors (Lipinski definition) is 0. The Morgan fingerprint density at radius 3 is 2.86 bits per heavy atom. The summed E-state index contributed by atoms with van der Waals surface area (Å²) in [6.07, 6.45) is 0.964. The topological polar surface area (TPSA) is 23.8 Å². The molecule has 2 rings (SSSR count). The van der Waals surface area contributed by atoms with Crippen molar-refractivity contribution in [3.05, 3.63) is 34.9 Å². The van der Waals surface area contributed by atoms with E-state index in [2.05, 4.69) is 19.9 Å². The van der Waals surface area contributed by atoms with Gasteiger partial charge in [-0.25, -0.2) is 0 Å². The second-order valence-electron chi connectivity index (χ2n) is 4.55. The average molecular weight is 206 g/mol. The number of alkyl halides is 1. The highest BCUT2D eigenvalue weighted by atomic mass is 35.5. The minimum absolute atomic E-state index is 0.0743. The third kappa shape index (κ3) is 1.31. The van der Waals surface area contributed by atoms with Gasteiger partial charge in [0.1, 0.15) is 0 Å². The molecule has 1 nitrogen and oxygen atoms in total. The van der Waals surface area contributed by atoms with E-state index in [4.69, 9.17) is 16.9 Å². The molecule has 1 aromatic carbocycles. The number of benzene rings is 1. The van der Waals surface area contributed by atoms with Crippen LogP contribution in [0.15, 0.2) is 18.2 Å². The molecule has 0 N–H and O–H groups in total. The Bertz CT molecular complexity index is 415. The standard InChI is InChI=1S/C12H12ClN/c1-12(2)6-9-5-8(7-14)3-4-10(9)11(12)13/h3-5,11H,6H2,1-2H3. The number of halogens is 1. The molecule has 0 spiro atoms. The number of rotatable bonds is 0. The van der Waals surface area contributed by atoms with Gasteiger partial charge in [0.05, 0.1) is 17.0 Å². The van der Waals surface area contributed by atoms with Crippen molar-refractivity contribution >= 4 is 11.6 Å². The van der Waals surface area contributed by atoms with Gasteiger partial charge in [0.2, 0.25) is 0 Å². The fourth-order valence-electron chi connectivity index (χ4n) is 2.08. The van der Waals surface area contributed by atoms with E-state index in [0.717, 1.165) is 12.0 Å². The molecule has 1 aromatic rings. The van der Waals surface area contributed by atoms with E-state index in [1.807, 2.05) is 18.2 Å². The molecule has 0 aromatic heterocycles. The maximum Gasteiger partial charge on any atom is 0.0991 e. The van der Waals surface area contributed by atoms with Crippen LogP contribution < -0.4 is 0 Å². The molecule has 2 heteroatoms. The molecule has 0 radical (unpaired) electrons. The summed E-state index contributed by atoms with van der Waals surface area (Å²) in [5, 5.41) is 8.86. The number of hydrogen-bond acceptors (Lipinski definition) is 1. The lowest BCUT2D eigenvalue weighted by atomic mass is 9.90. The smallest absolute Gasteiger partial charge is 0.0991 e. The van der Waals surface area contributed by atoms with Crippen LogP contribution in [0.4, 0.5) is 0 Å². The van der Waals surface area contributed by atoms with Crippen LogP contribution in [0.2, 0.25) is 0 Å². The summed E-state index contributed by atoms with van der Waals surface area (Å²) in [5.74, 6) is 0. The molecule has 0 fully saturated rings. The molecule has 0 bridgehead atoms. The third-order valence-electron chi connectivity index (χ3n) is 2.88. The van der Waals surface area contributed by atoms with Gasteiger partial charge in [-0.3, -0.25) is 0 Å². The lowest BCUT2D eigenvalue weighted by molar-refractivity contribution is 0.379. The molecule has 0 heterocycles. The maximum absolute atomic E-state index is 8.78. The van der Waals surface area contributed by atoms with E-state index in [1.165, 1.54) is 11.1 Å². The Labute approximate surface area is 89.3 Å². The first kappa shape index (κ1) is 9.55. The van der Waals surface area contributed by atoms with Crippen molar-refractivity contribution < 1.29 is 0 Å². The van der Waals surface area contributed by atoms with Crippen molar-refractivity contribution in [3.8, 4) is 6.07 Å². The molecule has 1 aliphatic carbocycles. The van der Waals surface area contributed by atoms with Crippen LogP contribution in [0.5, 0.6) is 0 Å². The summed E-state index contributed by atoms with van der Waals surface area (Å²) in [4.78, 5) is 0. The average Bonchev–Trinajstić information content (AvgIpc) is 2.37. The van der Waals surface area contributed by atoms with Crippen molar-refractivity contribution in [2.45, 2.75) is 25.6 Å². The summed E-state index contributed by atoms with van der Waals surface area (Å²) in [7, 11) is 0. The zero-order chi connectivity index (χ0) is 10.3. The molecule has 0 aliphatic heterocycles. The summed E-state index contributed by atoms with van der Waals surface area (Å²) in [6.45, 7) is 4.33. The summed E-state index contributed by atoms with van der Waals surface area (Å²) < 4.78 is 0. The van der Waals surface area contributed by atoms with E-state index >= 15 is 0 Å². The van der Waals surface area contributed by atoms with Crippen molar-refractivity contribution in [3.63, 3.8) is 0 Å². The van der Waals surface area contributed by atoms with Crippen LogP contribution in [0.1, 0.15) is 35.9 Å². The van der Waals surface area contributed by atoms with Crippen LogP contribution in [-0.2, 0) is 6.42 Å². The second kappa shape index (κ2) is 3.00. The van der Waals surface area contributed by atoms with E-state index in [-0.39, 0.29) is 10.8 Å². The van der Waals surface area contributed by atoms with Gasteiger partial charge < -0.3 is 0 Å². The van der Waals surface area contributed by atoms with Crippen molar-refractivity contribution in [1.29, 1.82) is 5.26 Å². The fraction of sp³-hybridized carbons (Fsp3) is 0.417. The minimum Gasteiger partial charge on any atom is -0.192 e. The molecule has 1 atom stereocenters. The van der Waals surface area contributed by atoms with Gasteiger partial charge in [0, 0.05) is 0 Å². The van der Waals surface area contributed by atoms with Crippen LogP contribution in [0.3, 0.4) is 0 Å². The highest BCUT2D eigenvalue weighted by Crippen LogP contribution is 2.49. The Hall–Kier alpha value is -1.000. The first-order valence-corrected chi connectivity index (χ1v) is 5.15. The van der Waals surface area contributed by atoms with Gasteiger partial charge in [-0.05, 0) is 35.1 Å². The SMILES string of the molecule is CC1(C)Cc2cc(C#N)ccc2C1Cl. The summed E-state index contributed by atoms with van der Waals surface area (Å²) in [5.41, 5.74) is 3.26. The zero-order valence-electron chi connectivity index (χ0n) is 8.34. The molecule has 0 amide bonds. The predicted octanol–water partition coefficient (Wildman–Crippen LogP) is 3.42. The van der Waals surface area contributed by atoms with E-state index < -0.39 is 0 Å². The van der Waals surface area contributed by atoms with Gasteiger partial charge in [-0.1, -0.05) is 19.9 Å². The van der Waals surface area contributed by atoms with Crippen LogP contribution in [0.25, 0.3) is 0 Å². The Balaban J connectivity index is 2.50. The van der Waals surface area contributed by atoms with E-state index in [9.17, 15) is 0 Å². The van der Waals surface area contributed by atoms with E-state index in [1.54, 1.807) is 0 Å². The second-order valence-corrected chi connectivity index (χ2v) is 4.99. The van der Waals surface area contributed by atoms with Gasteiger partial charge >= 0.3 is 0 Å². The first-order valence-electron chi connectivity index (χ1n) is 4.71.